The lowest BCUT2D eigenvalue weighted by molar-refractivity contribution is -0.200. The van der Waals surface area contributed by atoms with Gasteiger partial charge in [0, 0.05) is 25.7 Å². The molecule has 3 aliphatic carbocycles. The van der Waals surface area contributed by atoms with E-state index < -0.39 is 64.8 Å². The molecule has 1 aromatic carbocycles. The summed E-state index contributed by atoms with van der Waals surface area (Å²) in [4.78, 5) is 25.0. The zero-order valence-corrected chi connectivity index (χ0v) is 23.8. The molecule has 2 saturated carbocycles. The molecule has 0 amide bonds. The molecule has 8 atom stereocenters. The maximum absolute atomic E-state index is 12.7. The Morgan fingerprint density at radius 2 is 1.67 bits per heavy atom. The molecule has 0 aliphatic heterocycles. The third-order valence-corrected chi connectivity index (χ3v) is 9.51. The molecule has 0 bridgehead atoms. The van der Waals surface area contributed by atoms with Crippen LogP contribution >= 0.6 is 0 Å². The van der Waals surface area contributed by atoms with Gasteiger partial charge in [-0.2, -0.15) is 0 Å². The average Bonchev–Trinajstić information content (AvgIpc) is 3.05. The van der Waals surface area contributed by atoms with Gasteiger partial charge in [-0.25, -0.2) is 0 Å². The van der Waals surface area contributed by atoms with Gasteiger partial charge in [0.2, 0.25) is 0 Å². The van der Waals surface area contributed by atoms with Gasteiger partial charge >= 0.3 is 11.9 Å². The zero-order chi connectivity index (χ0) is 28.9. The van der Waals surface area contributed by atoms with Crippen LogP contribution < -0.4 is 0 Å². The minimum absolute atomic E-state index is 0.0881. The summed E-state index contributed by atoms with van der Waals surface area (Å²) in [6, 6.07) is 9.57. The number of aliphatic hydroxyl groups excluding tert-OH is 2. The quantitative estimate of drug-likeness (QED) is 0.368. The first-order valence-electron chi connectivity index (χ1n) is 13.6. The maximum Gasteiger partial charge on any atom is 0.303 e. The van der Waals surface area contributed by atoms with Crippen molar-refractivity contribution < 1.29 is 39.1 Å². The third-order valence-electron chi connectivity index (χ3n) is 9.51. The van der Waals surface area contributed by atoms with Gasteiger partial charge in [0.05, 0.1) is 29.8 Å². The van der Waals surface area contributed by atoms with Crippen molar-refractivity contribution in [1.82, 2.24) is 0 Å². The normalized spacial score (nSPS) is 36.6. The molecule has 0 radical (unpaired) electrons. The first-order chi connectivity index (χ1) is 18.1. The van der Waals surface area contributed by atoms with E-state index in [2.05, 4.69) is 6.58 Å². The molecule has 1 aromatic rings. The van der Waals surface area contributed by atoms with Crippen LogP contribution in [0.5, 0.6) is 0 Å². The largest absolute Gasteiger partial charge is 0.462 e. The van der Waals surface area contributed by atoms with Gasteiger partial charge in [-0.3, -0.25) is 9.59 Å². The van der Waals surface area contributed by atoms with Crippen LogP contribution in [0.2, 0.25) is 0 Å². The zero-order valence-electron chi connectivity index (χ0n) is 23.8. The number of aliphatic hydroxyl groups is 3. The molecule has 0 heterocycles. The molecule has 3 aliphatic rings. The van der Waals surface area contributed by atoms with Crippen LogP contribution in [-0.4, -0.2) is 63.4 Å². The van der Waals surface area contributed by atoms with Gasteiger partial charge in [-0.1, -0.05) is 43.8 Å². The average molecular weight is 543 g/mol. The molecule has 8 heteroatoms. The summed E-state index contributed by atoms with van der Waals surface area (Å²) in [6.45, 7) is 14.2. The van der Waals surface area contributed by atoms with E-state index in [1.807, 2.05) is 44.2 Å². The molecule has 0 saturated heterocycles. The molecule has 39 heavy (non-hydrogen) atoms. The van der Waals surface area contributed by atoms with Crippen LogP contribution in [0, 0.1) is 16.7 Å². The van der Waals surface area contributed by atoms with Crippen molar-refractivity contribution in [3.8, 4) is 0 Å². The van der Waals surface area contributed by atoms with Crippen molar-refractivity contribution in [3.63, 3.8) is 0 Å². The van der Waals surface area contributed by atoms with Crippen LogP contribution in [0.4, 0.5) is 0 Å². The highest BCUT2D eigenvalue weighted by Crippen LogP contribution is 2.65. The lowest BCUT2D eigenvalue weighted by atomic mass is 9.56. The first-order valence-corrected chi connectivity index (χ1v) is 13.6. The van der Waals surface area contributed by atoms with Gasteiger partial charge in [0.1, 0.15) is 18.3 Å². The minimum atomic E-state index is -1.33. The van der Waals surface area contributed by atoms with E-state index in [9.17, 15) is 24.9 Å². The van der Waals surface area contributed by atoms with Crippen molar-refractivity contribution in [1.29, 1.82) is 0 Å². The van der Waals surface area contributed by atoms with E-state index in [1.54, 1.807) is 13.8 Å². The number of ether oxygens (including phenoxy) is 3. The minimum Gasteiger partial charge on any atom is -0.462 e. The van der Waals surface area contributed by atoms with E-state index in [1.165, 1.54) is 13.8 Å². The summed E-state index contributed by atoms with van der Waals surface area (Å²) < 4.78 is 18.6. The fraction of sp³-hybridized carbons (Fsp3) is 0.613. The summed E-state index contributed by atoms with van der Waals surface area (Å²) in [5, 5.41) is 34.1. The van der Waals surface area contributed by atoms with Crippen LogP contribution in [-0.2, 0) is 30.4 Å². The van der Waals surface area contributed by atoms with Crippen LogP contribution in [0.3, 0.4) is 0 Å². The lowest BCUT2D eigenvalue weighted by Gasteiger charge is -2.53. The van der Waals surface area contributed by atoms with E-state index >= 15 is 0 Å². The molecule has 3 N–H and O–H groups in total. The molecular weight excluding hydrogens is 500 g/mol. The fourth-order valence-electron chi connectivity index (χ4n) is 7.37. The second-order valence-electron chi connectivity index (χ2n) is 12.3. The van der Waals surface area contributed by atoms with Crippen molar-refractivity contribution in [3.05, 3.63) is 59.2 Å². The second-order valence-corrected chi connectivity index (χ2v) is 12.3. The van der Waals surface area contributed by atoms with E-state index in [0.29, 0.717) is 16.7 Å². The Labute approximate surface area is 230 Å². The predicted octanol–water partition coefficient (Wildman–Crippen LogP) is 3.62. The van der Waals surface area contributed by atoms with Gasteiger partial charge in [0.25, 0.3) is 0 Å². The molecule has 0 aromatic heterocycles. The van der Waals surface area contributed by atoms with Crippen molar-refractivity contribution in [2.24, 2.45) is 16.7 Å². The van der Waals surface area contributed by atoms with Crippen molar-refractivity contribution in [2.45, 2.75) is 104 Å². The maximum atomic E-state index is 12.7. The highest BCUT2D eigenvalue weighted by Gasteiger charge is 2.68. The van der Waals surface area contributed by atoms with Gasteiger partial charge in [-0.05, 0) is 61.8 Å². The number of benzene rings is 1. The van der Waals surface area contributed by atoms with Gasteiger partial charge in [-0.15, -0.1) is 0 Å². The predicted molar refractivity (Wildman–Crippen MR) is 144 cm³/mol. The number of esters is 2. The Balaban J connectivity index is 2.00. The molecule has 214 valence electrons. The highest BCUT2D eigenvalue weighted by atomic mass is 16.6. The van der Waals surface area contributed by atoms with Crippen LogP contribution in [0.25, 0.3) is 0 Å². The summed E-state index contributed by atoms with van der Waals surface area (Å²) in [7, 11) is 0. The molecule has 0 spiro atoms. The number of hydrogen-bond donors (Lipinski definition) is 3. The highest BCUT2D eigenvalue weighted by molar-refractivity contribution is 5.67. The lowest BCUT2D eigenvalue weighted by Crippen LogP contribution is -2.59. The number of rotatable bonds is 6. The van der Waals surface area contributed by atoms with E-state index in [4.69, 9.17) is 14.2 Å². The Hall–Kier alpha value is -2.52. The van der Waals surface area contributed by atoms with Crippen LogP contribution in [0.1, 0.15) is 66.4 Å². The molecule has 4 rings (SSSR count). The molecular formula is C31H42O8. The summed E-state index contributed by atoms with van der Waals surface area (Å²) in [5.74, 6) is -1.60. The van der Waals surface area contributed by atoms with Crippen molar-refractivity contribution >= 4 is 11.9 Å². The summed E-state index contributed by atoms with van der Waals surface area (Å²) in [5.41, 5.74) is -0.635. The summed E-state index contributed by atoms with van der Waals surface area (Å²) in [6.07, 6.45) is -3.89. The van der Waals surface area contributed by atoms with Crippen LogP contribution in [0.15, 0.2) is 53.6 Å². The van der Waals surface area contributed by atoms with Crippen molar-refractivity contribution in [2.75, 3.05) is 0 Å². The Kier molecular flexibility index (Phi) is 7.91. The van der Waals surface area contributed by atoms with E-state index in [-0.39, 0.29) is 25.9 Å². The smallest absolute Gasteiger partial charge is 0.303 e. The fourth-order valence-corrected chi connectivity index (χ4v) is 7.37. The summed E-state index contributed by atoms with van der Waals surface area (Å²) >= 11 is 0. The first kappa shape index (κ1) is 29.5. The number of carbonyl (C=O) groups excluding carboxylic acids is 2. The molecule has 2 fully saturated rings. The topological polar surface area (TPSA) is 123 Å². The number of fused-ring (bicyclic) bond motifs is 2. The Morgan fingerprint density at radius 3 is 2.23 bits per heavy atom. The SMILES string of the molecule is C=C1C2C[C@]3(C(C)(C)O)C[C@H](O)C(C)=C3[C@@H](OCc3ccccc3)[C@H](OC(C)=O)[C@]2(C)[C@@H](OC(C)=O)C[C@@H]1O. The van der Waals surface area contributed by atoms with Gasteiger partial charge in [0.15, 0.2) is 0 Å². The second kappa shape index (κ2) is 10.5. The molecule has 8 nitrogen and oxygen atoms in total. The Bertz CT molecular complexity index is 1150. The van der Waals surface area contributed by atoms with Gasteiger partial charge < -0.3 is 29.5 Å². The third kappa shape index (κ3) is 4.97. The number of hydrogen-bond acceptors (Lipinski definition) is 8. The standard InChI is InChI=1S/C31H42O8/c1-17-22-14-31(29(5,6)36)15-24(35)18(2)26(31)27(37-16-21-11-9-8-10-12-21)28(39-20(4)33)30(22,7)25(13-23(17)34)38-19(3)32/h8-12,22-25,27-28,34-36H,1,13-16H2,2-7H3/t22?,23-,24-,25-,27+,28-,30-,31-/m0/s1. The number of carbonyl (C=O) groups is 2. The Morgan fingerprint density at radius 1 is 1.05 bits per heavy atom. The van der Waals surface area contributed by atoms with E-state index in [0.717, 1.165) is 5.56 Å². The monoisotopic (exact) mass is 542 g/mol. The molecule has 1 unspecified atom stereocenters.